The van der Waals surface area contributed by atoms with Crippen LogP contribution in [-0.2, 0) is 6.54 Å². The average Bonchev–Trinajstić information content (AvgIpc) is 2.93. The van der Waals surface area contributed by atoms with E-state index in [2.05, 4.69) is 10.6 Å². The summed E-state index contributed by atoms with van der Waals surface area (Å²) in [6, 6.07) is 26.2. The van der Waals surface area contributed by atoms with Crippen LogP contribution in [0.2, 0.25) is 0 Å². The molecule has 0 radical (unpaired) electrons. The summed E-state index contributed by atoms with van der Waals surface area (Å²) in [5.41, 5.74) is 2.56. The fraction of sp³-hybridized carbons (Fsp3) is 0.267. The highest BCUT2D eigenvalue weighted by Crippen LogP contribution is 2.25. The Bertz CT molecular complexity index is 1360. The van der Waals surface area contributed by atoms with Crippen LogP contribution in [0, 0.1) is 0 Å². The fourth-order valence-corrected chi connectivity index (χ4v) is 4.58. The highest BCUT2D eigenvalue weighted by molar-refractivity contribution is 6.08. The number of carbonyl (C=O) groups excluding carboxylic acids is 1. The number of aliphatic hydroxyl groups is 1. The monoisotopic (exact) mass is 483 g/mol. The molecule has 1 unspecified atom stereocenters. The van der Waals surface area contributed by atoms with Crippen LogP contribution in [-0.4, -0.2) is 28.2 Å². The van der Waals surface area contributed by atoms with Crippen molar-refractivity contribution >= 4 is 16.7 Å². The van der Waals surface area contributed by atoms with Gasteiger partial charge in [0.25, 0.3) is 11.5 Å². The topological polar surface area (TPSA) is 83.4 Å². The lowest BCUT2D eigenvalue weighted by Gasteiger charge is -2.24. The lowest BCUT2D eigenvalue weighted by Crippen LogP contribution is -2.37. The molecule has 4 rings (SSSR count). The number of amides is 1. The van der Waals surface area contributed by atoms with Crippen molar-refractivity contribution < 1.29 is 9.90 Å². The molecule has 1 aromatic heterocycles. The normalized spacial score (nSPS) is 12.9. The summed E-state index contributed by atoms with van der Waals surface area (Å²) >= 11 is 0. The summed E-state index contributed by atoms with van der Waals surface area (Å²) in [4.78, 5) is 27.8. The smallest absolute Gasteiger partial charge is 0.263 e. The molecule has 1 heterocycles. The van der Waals surface area contributed by atoms with Crippen molar-refractivity contribution in [2.75, 3.05) is 6.61 Å². The third-order valence-corrected chi connectivity index (χ3v) is 6.62. The molecule has 0 fully saturated rings. The van der Waals surface area contributed by atoms with Gasteiger partial charge in [-0.25, -0.2) is 0 Å². The summed E-state index contributed by atoms with van der Waals surface area (Å²) < 4.78 is 1.62. The second-order valence-electron chi connectivity index (χ2n) is 8.86. The third kappa shape index (κ3) is 5.25. The van der Waals surface area contributed by atoms with E-state index in [0.717, 1.165) is 12.0 Å². The number of nitrogens with one attached hydrogen (secondary N) is 2. The van der Waals surface area contributed by atoms with Gasteiger partial charge in [-0.3, -0.25) is 14.2 Å². The molecule has 6 heteroatoms. The molecule has 186 valence electrons. The molecule has 0 bridgehead atoms. The number of para-hydroxylation sites is 1. The first-order valence-electron chi connectivity index (χ1n) is 12.5. The van der Waals surface area contributed by atoms with Gasteiger partial charge < -0.3 is 15.7 Å². The van der Waals surface area contributed by atoms with Crippen molar-refractivity contribution in [2.24, 2.45) is 0 Å². The number of aromatic nitrogens is 1. The van der Waals surface area contributed by atoms with E-state index in [1.807, 2.05) is 92.7 Å². The minimum Gasteiger partial charge on any atom is -0.395 e. The van der Waals surface area contributed by atoms with E-state index in [4.69, 9.17) is 0 Å². The molecule has 0 saturated carbocycles. The number of rotatable bonds is 10. The Kier molecular flexibility index (Phi) is 8.31. The van der Waals surface area contributed by atoms with E-state index in [0.29, 0.717) is 34.1 Å². The van der Waals surface area contributed by atoms with Gasteiger partial charge in [0.2, 0.25) is 0 Å². The first-order valence-corrected chi connectivity index (χ1v) is 12.5. The Hall–Kier alpha value is -3.74. The van der Waals surface area contributed by atoms with Gasteiger partial charge in [-0.15, -0.1) is 0 Å². The Labute approximate surface area is 211 Å². The molecule has 0 saturated heterocycles. The van der Waals surface area contributed by atoms with Crippen molar-refractivity contribution in [3.8, 4) is 5.69 Å². The number of carbonyl (C=O) groups is 1. The lowest BCUT2D eigenvalue weighted by molar-refractivity contribution is 0.0935. The van der Waals surface area contributed by atoms with Crippen molar-refractivity contribution in [3.63, 3.8) is 0 Å². The molecular weight excluding hydrogens is 450 g/mol. The molecule has 0 spiro atoms. The van der Waals surface area contributed by atoms with E-state index in [9.17, 15) is 14.7 Å². The van der Waals surface area contributed by atoms with E-state index < -0.39 is 0 Å². The molecule has 0 aliphatic carbocycles. The van der Waals surface area contributed by atoms with Crippen molar-refractivity contribution in [3.05, 3.63) is 112 Å². The van der Waals surface area contributed by atoms with Gasteiger partial charge in [-0.1, -0.05) is 80.6 Å². The Morgan fingerprint density at radius 2 is 1.47 bits per heavy atom. The highest BCUT2D eigenvalue weighted by atomic mass is 16.3. The summed E-state index contributed by atoms with van der Waals surface area (Å²) in [6.07, 6.45) is 1.44. The maximum Gasteiger partial charge on any atom is 0.263 e. The lowest BCUT2D eigenvalue weighted by atomic mass is 9.99. The maximum absolute atomic E-state index is 14.0. The zero-order valence-electron chi connectivity index (χ0n) is 20.8. The van der Waals surface area contributed by atoms with Gasteiger partial charge >= 0.3 is 0 Å². The molecule has 2 atom stereocenters. The molecule has 4 aromatic rings. The van der Waals surface area contributed by atoms with Gasteiger partial charge in [0.1, 0.15) is 0 Å². The Morgan fingerprint density at radius 3 is 2.08 bits per heavy atom. The minimum absolute atomic E-state index is 0.0346. The van der Waals surface area contributed by atoms with Gasteiger partial charge in [0.05, 0.1) is 23.9 Å². The molecule has 6 nitrogen and oxygen atoms in total. The second kappa shape index (κ2) is 11.8. The van der Waals surface area contributed by atoms with Crippen LogP contribution >= 0.6 is 0 Å². The fourth-order valence-electron chi connectivity index (χ4n) is 4.58. The summed E-state index contributed by atoms with van der Waals surface area (Å²) in [7, 11) is 0. The number of hydrogen-bond donors (Lipinski definition) is 3. The predicted molar refractivity (Wildman–Crippen MR) is 144 cm³/mol. The third-order valence-electron chi connectivity index (χ3n) is 6.62. The van der Waals surface area contributed by atoms with Gasteiger partial charge in [0, 0.05) is 29.0 Å². The van der Waals surface area contributed by atoms with Crippen LogP contribution in [0.5, 0.6) is 0 Å². The second-order valence-corrected chi connectivity index (χ2v) is 8.86. The number of hydrogen-bond acceptors (Lipinski definition) is 4. The first-order chi connectivity index (χ1) is 17.6. The number of aliphatic hydroxyl groups excluding tert-OH is 1. The molecule has 3 aromatic carbocycles. The molecule has 3 N–H and O–H groups in total. The van der Waals surface area contributed by atoms with E-state index in [-0.39, 0.29) is 36.7 Å². The molecular formula is C30H33N3O3. The number of nitrogens with zero attached hydrogens (tertiary/aromatic N) is 1. The molecule has 1 amide bonds. The highest BCUT2D eigenvalue weighted by Gasteiger charge is 2.25. The zero-order chi connectivity index (χ0) is 25.5. The Morgan fingerprint density at radius 1 is 0.861 bits per heavy atom. The van der Waals surface area contributed by atoms with Crippen LogP contribution in [0.15, 0.2) is 89.7 Å². The largest absolute Gasteiger partial charge is 0.395 e. The van der Waals surface area contributed by atoms with Crippen LogP contribution in [0.3, 0.4) is 0 Å². The van der Waals surface area contributed by atoms with Crippen LogP contribution < -0.4 is 16.2 Å². The first kappa shape index (κ1) is 25.4. The quantitative estimate of drug-likeness (QED) is 0.304. The average molecular weight is 484 g/mol. The molecule has 36 heavy (non-hydrogen) atoms. The van der Waals surface area contributed by atoms with E-state index in [1.54, 1.807) is 10.6 Å². The summed E-state index contributed by atoms with van der Waals surface area (Å²) in [5.74, 6) is -0.236. The summed E-state index contributed by atoms with van der Waals surface area (Å²) in [5, 5.41) is 17.4. The number of fused-ring (bicyclic) bond motifs is 1. The Balaban J connectivity index is 1.92. The van der Waals surface area contributed by atoms with E-state index >= 15 is 0 Å². The SMILES string of the molecule is CCC(NC(=O)c1c(CN[C@@H](CC)CO)n(-c2ccccc2)c(=O)c2ccccc12)c1ccccc1. The number of benzene rings is 3. The predicted octanol–water partition coefficient (Wildman–Crippen LogP) is 4.73. The van der Waals surface area contributed by atoms with Crippen molar-refractivity contribution in [2.45, 2.75) is 45.3 Å². The summed E-state index contributed by atoms with van der Waals surface area (Å²) in [6.45, 7) is 4.24. The number of pyridine rings is 1. The van der Waals surface area contributed by atoms with Crippen LogP contribution in [0.1, 0.15) is 54.3 Å². The van der Waals surface area contributed by atoms with Crippen LogP contribution in [0.4, 0.5) is 0 Å². The molecule has 0 aliphatic heterocycles. The zero-order valence-corrected chi connectivity index (χ0v) is 20.8. The standard InChI is InChI=1S/C30H33N3O3/c1-3-22(20-34)31-19-27-28(29(35)32-26(4-2)21-13-7-5-8-14-21)24-17-11-12-18-25(24)30(36)33(27)23-15-9-6-10-16-23/h5-18,22,26,31,34H,3-4,19-20H2,1-2H3,(H,32,35)/t22-,26?/m0/s1. The van der Waals surface area contributed by atoms with Crippen molar-refractivity contribution in [1.29, 1.82) is 0 Å². The maximum atomic E-state index is 14.0. The molecule has 0 aliphatic rings. The van der Waals surface area contributed by atoms with E-state index in [1.165, 1.54) is 0 Å². The van der Waals surface area contributed by atoms with Crippen molar-refractivity contribution in [1.82, 2.24) is 15.2 Å². The van der Waals surface area contributed by atoms with Crippen LogP contribution in [0.25, 0.3) is 16.5 Å². The van der Waals surface area contributed by atoms with Gasteiger partial charge in [-0.05, 0) is 36.6 Å². The van der Waals surface area contributed by atoms with Gasteiger partial charge in [-0.2, -0.15) is 0 Å². The minimum atomic E-state index is -0.236. The van der Waals surface area contributed by atoms with Gasteiger partial charge in [0.15, 0.2) is 0 Å².